The maximum Gasteiger partial charge on any atom is 0.263 e. The number of benzene rings is 3. The topological polar surface area (TPSA) is 82.0 Å². The molecule has 130 valence electrons. The van der Waals surface area contributed by atoms with Gasteiger partial charge in [0.15, 0.2) is 0 Å². The molecule has 7 heteroatoms. The zero-order chi connectivity index (χ0) is 18.6. The summed E-state index contributed by atoms with van der Waals surface area (Å²) >= 11 is 5.96. The van der Waals surface area contributed by atoms with E-state index < -0.39 is 10.0 Å². The highest BCUT2D eigenvalue weighted by Crippen LogP contribution is 2.25. The van der Waals surface area contributed by atoms with E-state index in [9.17, 15) is 8.42 Å². The predicted molar refractivity (Wildman–Crippen MR) is 103 cm³/mol. The number of hydrogen-bond acceptors (Lipinski definition) is 4. The molecule has 0 saturated carbocycles. The van der Waals surface area contributed by atoms with Gasteiger partial charge in [0.05, 0.1) is 16.3 Å². The first-order chi connectivity index (χ1) is 12.5. The van der Waals surface area contributed by atoms with Crippen LogP contribution in [-0.4, -0.2) is 8.42 Å². The average Bonchev–Trinajstić information content (AvgIpc) is 2.64. The van der Waals surface area contributed by atoms with Crippen molar-refractivity contribution in [2.24, 2.45) is 0 Å². The molecule has 5 nitrogen and oxygen atoms in total. The third-order valence-corrected chi connectivity index (χ3v) is 5.47. The molecule has 0 heterocycles. The first-order valence-electron chi connectivity index (χ1n) is 7.63. The van der Waals surface area contributed by atoms with E-state index in [2.05, 4.69) is 16.1 Å². The third kappa shape index (κ3) is 3.97. The van der Waals surface area contributed by atoms with Crippen LogP contribution in [0.3, 0.4) is 0 Å². The molecule has 0 atom stereocenters. The van der Waals surface area contributed by atoms with E-state index in [1.54, 1.807) is 54.6 Å². The molecule has 0 aliphatic heterocycles. The summed E-state index contributed by atoms with van der Waals surface area (Å²) in [6, 6.07) is 22.2. The second-order valence-corrected chi connectivity index (χ2v) is 7.45. The molecule has 3 rings (SSSR count). The molecule has 26 heavy (non-hydrogen) atoms. The van der Waals surface area contributed by atoms with Gasteiger partial charge in [-0.3, -0.25) is 4.72 Å². The zero-order valence-electron chi connectivity index (χ0n) is 13.5. The molecule has 0 bridgehead atoms. The normalized spacial score (nSPS) is 10.8. The number of nitriles is 1. The van der Waals surface area contributed by atoms with Gasteiger partial charge in [-0.15, -0.1) is 0 Å². The van der Waals surface area contributed by atoms with Crippen LogP contribution in [0.5, 0.6) is 0 Å². The van der Waals surface area contributed by atoms with E-state index in [4.69, 9.17) is 16.9 Å². The lowest BCUT2D eigenvalue weighted by atomic mass is 10.2. The van der Waals surface area contributed by atoms with Crippen LogP contribution in [0, 0.1) is 11.3 Å². The molecular formula is C19H14ClN3O2S. The summed E-state index contributed by atoms with van der Waals surface area (Å²) in [5.74, 6) is 0. The van der Waals surface area contributed by atoms with Crippen molar-refractivity contribution in [1.29, 1.82) is 5.26 Å². The Kier molecular flexibility index (Phi) is 5.12. The van der Waals surface area contributed by atoms with E-state index in [1.807, 2.05) is 6.07 Å². The van der Waals surface area contributed by atoms with Crippen LogP contribution >= 0.6 is 11.6 Å². The first kappa shape index (κ1) is 17.8. The van der Waals surface area contributed by atoms with Crippen LogP contribution in [-0.2, 0) is 10.0 Å². The molecule has 0 spiro atoms. The molecule has 3 aromatic rings. The number of sulfonamides is 1. The maximum absolute atomic E-state index is 12.4. The van der Waals surface area contributed by atoms with Gasteiger partial charge in [-0.05, 0) is 48.5 Å². The Morgan fingerprint density at radius 3 is 2.15 bits per heavy atom. The molecule has 0 unspecified atom stereocenters. The minimum atomic E-state index is -3.77. The smallest absolute Gasteiger partial charge is 0.263 e. The lowest BCUT2D eigenvalue weighted by Crippen LogP contribution is -2.13. The molecule has 0 saturated heterocycles. The van der Waals surface area contributed by atoms with Crippen LogP contribution in [0.2, 0.25) is 5.02 Å². The van der Waals surface area contributed by atoms with Crippen LogP contribution in [0.4, 0.5) is 17.1 Å². The minimum Gasteiger partial charge on any atom is -0.354 e. The van der Waals surface area contributed by atoms with Crippen molar-refractivity contribution in [2.45, 2.75) is 4.90 Å². The molecule has 3 aromatic carbocycles. The van der Waals surface area contributed by atoms with E-state index in [-0.39, 0.29) is 9.92 Å². The highest BCUT2D eigenvalue weighted by atomic mass is 35.5. The van der Waals surface area contributed by atoms with Gasteiger partial charge < -0.3 is 5.32 Å². The predicted octanol–water partition coefficient (Wildman–Crippen LogP) is 4.76. The van der Waals surface area contributed by atoms with Gasteiger partial charge in [0.2, 0.25) is 0 Å². The average molecular weight is 384 g/mol. The van der Waals surface area contributed by atoms with Crippen molar-refractivity contribution in [2.75, 3.05) is 10.0 Å². The zero-order valence-corrected chi connectivity index (χ0v) is 15.1. The number of para-hydroxylation sites is 1. The van der Waals surface area contributed by atoms with Crippen molar-refractivity contribution < 1.29 is 8.42 Å². The number of rotatable bonds is 5. The number of nitrogens with zero attached hydrogens (tertiary/aromatic N) is 1. The van der Waals surface area contributed by atoms with Crippen molar-refractivity contribution in [3.8, 4) is 6.07 Å². The summed E-state index contributed by atoms with van der Waals surface area (Å²) in [6.45, 7) is 0. The molecule has 0 fully saturated rings. The van der Waals surface area contributed by atoms with Crippen molar-refractivity contribution in [3.05, 3.63) is 83.4 Å². The van der Waals surface area contributed by atoms with Gasteiger partial charge >= 0.3 is 0 Å². The van der Waals surface area contributed by atoms with Crippen molar-refractivity contribution in [1.82, 2.24) is 0 Å². The Labute approximate surface area is 156 Å². The van der Waals surface area contributed by atoms with Gasteiger partial charge in [0.25, 0.3) is 10.0 Å². The van der Waals surface area contributed by atoms with Gasteiger partial charge in [-0.1, -0.05) is 35.9 Å². The van der Waals surface area contributed by atoms with Gasteiger partial charge in [0.1, 0.15) is 11.0 Å². The quantitative estimate of drug-likeness (QED) is 0.665. The number of halogens is 1. The standard InChI is InChI=1S/C19H14ClN3O2S/c20-17-6-2-4-8-19(17)26(24,25)23-16-11-9-15(10-12-16)22-18-7-3-1-5-14(18)13-21/h1-12,22-23H. The van der Waals surface area contributed by atoms with Crippen LogP contribution in [0.25, 0.3) is 0 Å². The lowest BCUT2D eigenvalue weighted by molar-refractivity contribution is 0.601. The Morgan fingerprint density at radius 2 is 1.46 bits per heavy atom. The van der Waals surface area contributed by atoms with Gasteiger partial charge in [-0.2, -0.15) is 5.26 Å². The second-order valence-electron chi connectivity index (χ2n) is 5.40. The van der Waals surface area contributed by atoms with Crippen LogP contribution in [0.1, 0.15) is 5.56 Å². The maximum atomic E-state index is 12.4. The fourth-order valence-electron chi connectivity index (χ4n) is 2.34. The van der Waals surface area contributed by atoms with Crippen LogP contribution < -0.4 is 10.0 Å². The largest absolute Gasteiger partial charge is 0.354 e. The fourth-order valence-corrected chi connectivity index (χ4v) is 3.92. The summed E-state index contributed by atoms with van der Waals surface area (Å²) < 4.78 is 27.4. The molecule has 0 aliphatic rings. The van der Waals surface area contributed by atoms with E-state index in [1.165, 1.54) is 12.1 Å². The number of nitrogens with one attached hydrogen (secondary N) is 2. The highest BCUT2D eigenvalue weighted by Gasteiger charge is 2.17. The lowest BCUT2D eigenvalue weighted by Gasteiger charge is -2.11. The molecule has 0 amide bonds. The molecule has 0 aromatic heterocycles. The molecule has 0 aliphatic carbocycles. The minimum absolute atomic E-state index is 0.0202. The SMILES string of the molecule is N#Cc1ccccc1Nc1ccc(NS(=O)(=O)c2ccccc2Cl)cc1. The number of anilines is 3. The molecular weight excluding hydrogens is 370 g/mol. The van der Waals surface area contributed by atoms with Crippen molar-refractivity contribution >= 4 is 38.7 Å². The third-order valence-electron chi connectivity index (χ3n) is 3.59. The number of hydrogen-bond donors (Lipinski definition) is 2. The fraction of sp³-hybridized carbons (Fsp3) is 0. The first-order valence-corrected chi connectivity index (χ1v) is 9.49. The van der Waals surface area contributed by atoms with Crippen molar-refractivity contribution in [3.63, 3.8) is 0 Å². The van der Waals surface area contributed by atoms with Gasteiger partial charge in [-0.25, -0.2) is 8.42 Å². The Balaban J connectivity index is 1.78. The highest BCUT2D eigenvalue weighted by molar-refractivity contribution is 7.92. The summed E-state index contributed by atoms with van der Waals surface area (Å²) in [5, 5.41) is 12.4. The summed E-state index contributed by atoms with van der Waals surface area (Å²) in [7, 11) is -3.77. The Hall–Kier alpha value is -3.01. The van der Waals surface area contributed by atoms with E-state index >= 15 is 0 Å². The summed E-state index contributed by atoms with van der Waals surface area (Å²) in [6.07, 6.45) is 0. The van der Waals surface area contributed by atoms with E-state index in [0.717, 1.165) is 5.69 Å². The summed E-state index contributed by atoms with van der Waals surface area (Å²) in [5.41, 5.74) is 2.34. The monoisotopic (exact) mass is 383 g/mol. The summed E-state index contributed by atoms with van der Waals surface area (Å²) in [4.78, 5) is 0.0202. The molecule has 0 radical (unpaired) electrons. The van der Waals surface area contributed by atoms with Gasteiger partial charge in [0, 0.05) is 11.4 Å². The Morgan fingerprint density at radius 1 is 0.846 bits per heavy atom. The van der Waals surface area contributed by atoms with E-state index in [0.29, 0.717) is 16.9 Å². The molecule has 2 N–H and O–H groups in total. The second kappa shape index (κ2) is 7.48. The Bertz CT molecular complexity index is 1070. The van der Waals surface area contributed by atoms with Crippen LogP contribution in [0.15, 0.2) is 77.7 Å².